The number of nitrogens with zero attached hydrogens (tertiary/aromatic N) is 1. The third-order valence-electron chi connectivity index (χ3n) is 1.59. The van der Waals surface area contributed by atoms with E-state index in [0.717, 1.165) is 0 Å². The molecule has 1 aromatic heterocycles. The number of imidazole rings is 1. The summed E-state index contributed by atoms with van der Waals surface area (Å²) in [6.07, 6.45) is 2.00. The molecule has 1 amide bonds. The van der Waals surface area contributed by atoms with E-state index in [4.69, 9.17) is 5.11 Å². The zero-order chi connectivity index (χ0) is 12.0. The van der Waals surface area contributed by atoms with E-state index in [1.807, 2.05) is 0 Å². The number of aromatic carboxylic acids is 1. The number of carbonyl (C=O) groups excluding carboxylic acids is 1. The number of carbonyl (C=O) groups is 2. The van der Waals surface area contributed by atoms with E-state index < -0.39 is 12.1 Å². The Kier molecular flexibility index (Phi) is 4.07. The maximum Gasteiger partial charge on any atom is 0.407 e. The van der Waals surface area contributed by atoms with Gasteiger partial charge in [-0.05, 0) is 0 Å². The molecule has 7 nitrogen and oxygen atoms in total. The van der Waals surface area contributed by atoms with E-state index in [1.165, 1.54) is 12.3 Å². The molecule has 86 valence electrons. The first kappa shape index (κ1) is 11.8. The lowest BCUT2D eigenvalue weighted by Gasteiger charge is -2.02. The van der Waals surface area contributed by atoms with E-state index in [1.54, 1.807) is 0 Å². The minimum Gasteiger partial charge on any atom is -0.477 e. The highest BCUT2D eigenvalue weighted by atomic mass is 16.5. The van der Waals surface area contributed by atoms with Crippen molar-refractivity contribution in [1.29, 1.82) is 0 Å². The first-order valence-electron chi connectivity index (χ1n) is 4.42. The summed E-state index contributed by atoms with van der Waals surface area (Å²) in [6.45, 7) is 3.57. The Hall–Kier alpha value is -2.31. The molecule has 7 heteroatoms. The highest BCUT2D eigenvalue weighted by Crippen LogP contribution is 1.96. The van der Waals surface area contributed by atoms with Crippen LogP contribution < -0.4 is 5.32 Å². The van der Waals surface area contributed by atoms with Gasteiger partial charge in [0.15, 0.2) is 0 Å². The molecule has 0 radical (unpaired) electrons. The lowest BCUT2D eigenvalue weighted by molar-refractivity contribution is 0.0691. The van der Waals surface area contributed by atoms with Crippen LogP contribution >= 0.6 is 0 Å². The van der Waals surface area contributed by atoms with Crippen LogP contribution in [0.1, 0.15) is 16.3 Å². The number of H-pyrrole nitrogens is 1. The molecule has 16 heavy (non-hydrogen) atoms. The summed E-state index contributed by atoms with van der Waals surface area (Å²) in [7, 11) is 0. The summed E-state index contributed by atoms with van der Waals surface area (Å²) in [5.74, 6) is -0.763. The van der Waals surface area contributed by atoms with Crippen LogP contribution in [0.25, 0.3) is 0 Å². The Morgan fingerprint density at radius 3 is 3.00 bits per heavy atom. The highest BCUT2D eigenvalue weighted by molar-refractivity contribution is 5.85. The normalized spacial score (nSPS) is 9.50. The molecule has 0 aromatic carbocycles. The molecule has 0 saturated heterocycles. The van der Waals surface area contributed by atoms with Crippen molar-refractivity contribution in [3.05, 3.63) is 30.4 Å². The van der Waals surface area contributed by atoms with Crippen molar-refractivity contribution < 1.29 is 19.4 Å². The number of alkyl carbamates (subject to hydrolysis) is 1. The van der Waals surface area contributed by atoms with Gasteiger partial charge in [0.1, 0.15) is 18.1 Å². The van der Waals surface area contributed by atoms with Crippen molar-refractivity contribution >= 4 is 12.1 Å². The van der Waals surface area contributed by atoms with Crippen LogP contribution in [0.3, 0.4) is 0 Å². The highest BCUT2D eigenvalue weighted by Gasteiger charge is 2.08. The zero-order valence-electron chi connectivity index (χ0n) is 8.40. The van der Waals surface area contributed by atoms with Gasteiger partial charge in [-0.3, -0.25) is 0 Å². The Balaban J connectivity index is 2.39. The molecule has 0 saturated carbocycles. The van der Waals surface area contributed by atoms with Crippen molar-refractivity contribution in [2.24, 2.45) is 0 Å². The summed E-state index contributed by atoms with van der Waals surface area (Å²) in [4.78, 5) is 27.8. The number of carboxylic acids is 1. The number of carboxylic acid groups (broad SMARTS) is 1. The molecule has 0 aliphatic heterocycles. The molecular weight excluding hydrogens is 214 g/mol. The number of amides is 1. The number of ether oxygens (including phenoxy) is 1. The van der Waals surface area contributed by atoms with Crippen LogP contribution in [0.4, 0.5) is 4.79 Å². The number of nitrogens with one attached hydrogen (secondary N) is 2. The predicted molar refractivity (Wildman–Crippen MR) is 53.9 cm³/mol. The van der Waals surface area contributed by atoms with Gasteiger partial charge in [-0.15, -0.1) is 0 Å². The Morgan fingerprint density at radius 1 is 1.69 bits per heavy atom. The quantitative estimate of drug-likeness (QED) is 0.633. The van der Waals surface area contributed by atoms with Crippen LogP contribution in [0.2, 0.25) is 0 Å². The van der Waals surface area contributed by atoms with Crippen molar-refractivity contribution in [2.45, 2.75) is 6.54 Å². The summed E-state index contributed by atoms with van der Waals surface area (Å²) in [5.41, 5.74) is -0.0312. The van der Waals surface area contributed by atoms with E-state index in [2.05, 4.69) is 26.6 Å². The third kappa shape index (κ3) is 3.45. The maximum atomic E-state index is 11.0. The molecule has 0 aliphatic carbocycles. The zero-order valence-corrected chi connectivity index (χ0v) is 8.40. The van der Waals surface area contributed by atoms with Crippen molar-refractivity contribution in [1.82, 2.24) is 15.3 Å². The number of hydrogen-bond acceptors (Lipinski definition) is 4. The molecule has 0 unspecified atom stereocenters. The van der Waals surface area contributed by atoms with Gasteiger partial charge in [-0.25, -0.2) is 14.6 Å². The molecular formula is C9H11N3O4. The summed E-state index contributed by atoms with van der Waals surface area (Å²) < 4.78 is 4.64. The maximum absolute atomic E-state index is 11.0. The Bertz CT molecular complexity index is 399. The monoisotopic (exact) mass is 225 g/mol. The van der Waals surface area contributed by atoms with Gasteiger partial charge in [0.2, 0.25) is 0 Å². The first-order chi connectivity index (χ1) is 7.63. The van der Waals surface area contributed by atoms with Crippen LogP contribution in [-0.2, 0) is 11.3 Å². The van der Waals surface area contributed by atoms with Crippen LogP contribution in [0.15, 0.2) is 18.9 Å². The lowest BCUT2D eigenvalue weighted by atomic mass is 10.5. The topological polar surface area (TPSA) is 104 Å². The molecule has 0 fully saturated rings. The number of hydrogen-bond donors (Lipinski definition) is 3. The molecule has 3 N–H and O–H groups in total. The van der Waals surface area contributed by atoms with E-state index in [9.17, 15) is 9.59 Å². The first-order valence-corrected chi connectivity index (χ1v) is 4.42. The van der Waals surface area contributed by atoms with Crippen LogP contribution in [-0.4, -0.2) is 33.7 Å². The Morgan fingerprint density at radius 2 is 2.44 bits per heavy atom. The van der Waals surface area contributed by atoms with E-state index in [0.29, 0.717) is 5.82 Å². The SMILES string of the molecule is C=CCOC(=O)NCc1ncc(C(=O)O)[nH]1. The lowest BCUT2D eigenvalue weighted by Crippen LogP contribution is -2.24. The average molecular weight is 225 g/mol. The fraction of sp³-hybridized carbons (Fsp3) is 0.222. The molecule has 0 aliphatic rings. The van der Waals surface area contributed by atoms with Gasteiger partial charge < -0.3 is 20.1 Å². The summed E-state index contributed by atoms with van der Waals surface area (Å²) >= 11 is 0. The molecule has 1 rings (SSSR count). The third-order valence-corrected chi connectivity index (χ3v) is 1.59. The largest absolute Gasteiger partial charge is 0.477 e. The summed E-state index contributed by atoms with van der Waals surface area (Å²) in [6, 6.07) is 0. The standard InChI is InChI=1S/C9H11N3O4/c1-2-3-16-9(15)11-5-7-10-4-6(12-7)8(13)14/h2,4H,1,3,5H2,(H,10,12)(H,11,15)(H,13,14). The summed E-state index contributed by atoms with van der Waals surface area (Å²) in [5, 5.41) is 11.0. The average Bonchev–Trinajstić information content (AvgIpc) is 2.72. The predicted octanol–water partition coefficient (Wildman–Crippen LogP) is 0.520. The smallest absolute Gasteiger partial charge is 0.407 e. The molecule has 1 aromatic rings. The van der Waals surface area contributed by atoms with Crippen molar-refractivity contribution in [3.63, 3.8) is 0 Å². The van der Waals surface area contributed by atoms with Crippen LogP contribution in [0.5, 0.6) is 0 Å². The van der Waals surface area contributed by atoms with Gasteiger partial charge in [0.25, 0.3) is 0 Å². The number of rotatable bonds is 5. The molecule has 1 heterocycles. The second kappa shape index (κ2) is 5.54. The van der Waals surface area contributed by atoms with Gasteiger partial charge in [0.05, 0.1) is 12.7 Å². The van der Waals surface area contributed by atoms with Crippen molar-refractivity contribution in [2.75, 3.05) is 6.61 Å². The second-order valence-corrected chi connectivity index (χ2v) is 2.79. The van der Waals surface area contributed by atoms with E-state index in [-0.39, 0.29) is 18.8 Å². The van der Waals surface area contributed by atoms with Gasteiger partial charge in [-0.2, -0.15) is 0 Å². The number of aromatic amines is 1. The van der Waals surface area contributed by atoms with Gasteiger partial charge >= 0.3 is 12.1 Å². The van der Waals surface area contributed by atoms with Gasteiger partial charge in [-0.1, -0.05) is 12.7 Å². The Labute approximate surface area is 91.1 Å². The molecule has 0 spiro atoms. The number of aromatic nitrogens is 2. The minimum absolute atomic E-state index is 0.0312. The van der Waals surface area contributed by atoms with Crippen molar-refractivity contribution in [3.8, 4) is 0 Å². The van der Waals surface area contributed by atoms with Crippen LogP contribution in [0, 0.1) is 0 Å². The second-order valence-electron chi connectivity index (χ2n) is 2.79. The fourth-order valence-corrected chi connectivity index (χ4v) is 0.903. The van der Waals surface area contributed by atoms with E-state index >= 15 is 0 Å². The minimum atomic E-state index is -1.10. The fourth-order valence-electron chi connectivity index (χ4n) is 0.903. The molecule has 0 bridgehead atoms. The van der Waals surface area contributed by atoms with Gasteiger partial charge in [0, 0.05) is 0 Å². The molecule has 0 atom stereocenters.